The zero-order chi connectivity index (χ0) is 23.7. The largest absolute Gasteiger partial charge is 0.480 e. The Hall–Kier alpha value is -3.19. The molecule has 3 N–H and O–H groups in total. The van der Waals surface area contributed by atoms with Gasteiger partial charge in [-0.2, -0.15) is 0 Å². The number of carbonyl (C=O) groups excluding carboxylic acids is 2. The SMILES string of the molecule is O=C(CC(NC1CC1)(C(=O)O)C1c2ccccc2NC2CCCC21)C(=O)OCc1ccccc1. The number of carboxylic acids is 1. The van der Waals surface area contributed by atoms with Crippen LogP contribution in [0.3, 0.4) is 0 Å². The van der Waals surface area contributed by atoms with Crippen molar-refractivity contribution in [1.29, 1.82) is 0 Å². The first-order valence-electron chi connectivity index (χ1n) is 12.1. The molecule has 2 aliphatic carbocycles. The maximum atomic E-state index is 13.1. The summed E-state index contributed by atoms with van der Waals surface area (Å²) >= 11 is 0. The highest BCUT2D eigenvalue weighted by atomic mass is 16.5. The van der Waals surface area contributed by atoms with E-state index in [0.29, 0.717) is 0 Å². The number of aliphatic carboxylic acids is 1. The lowest BCUT2D eigenvalue weighted by atomic mass is 9.65. The Bertz CT molecular complexity index is 1080. The molecule has 1 aliphatic heterocycles. The van der Waals surface area contributed by atoms with Crippen LogP contribution in [0, 0.1) is 5.92 Å². The highest BCUT2D eigenvalue weighted by molar-refractivity contribution is 6.34. The third-order valence-corrected chi connectivity index (χ3v) is 7.47. The summed E-state index contributed by atoms with van der Waals surface area (Å²) in [4.78, 5) is 38.8. The minimum Gasteiger partial charge on any atom is -0.480 e. The van der Waals surface area contributed by atoms with E-state index in [1.165, 1.54) is 0 Å². The summed E-state index contributed by atoms with van der Waals surface area (Å²) in [5, 5.41) is 17.6. The molecule has 0 saturated heterocycles. The van der Waals surface area contributed by atoms with Crippen LogP contribution in [0.2, 0.25) is 0 Å². The second kappa shape index (κ2) is 9.22. The normalized spacial score (nSPS) is 24.8. The van der Waals surface area contributed by atoms with Gasteiger partial charge in [0.15, 0.2) is 0 Å². The van der Waals surface area contributed by atoms with Crippen molar-refractivity contribution in [2.75, 3.05) is 5.32 Å². The number of benzene rings is 2. The van der Waals surface area contributed by atoms with E-state index in [2.05, 4.69) is 10.6 Å². The van der Waals surface area contributed by atoms with Crippen molar-refractivity contribution in [2.45, 2.75) is 68.7 Å². The molecule has 0 bridgehead atoms. The van der Waals surface area contributed by atoms with Gasteiger partial charge in [0.25, 0.3) is 0 Å². The van der Waals surface area contributed by atoms with Crippen LogP contribution >= 0.6 is 0 Å². The molecule has 2 saturated carbocycles. The quantitative estimate of drug-likeness (QED) is 0.386. The molecular weight excluding hydrogens is 432 g/mol. The third kappa shape index (κ3) is 4.32. The summed E-state index contributed by atoms with van der Waals surface area (Å²) in [5.74, 6) is -3.25. The van der Waals surface area contributed by atoms with Crippen LogP contribution in [0.1, 0.15) is 55.6 Å². The average molecular weight is 463 g/mol. The summed E-state index contributed by atoms with van der Waals surface area (Å²) in [6.07, 6.45) is 4.13. The van der Waals surface area contributed by atoms with Crippen LogP contribution in [0.15, 0.2) is 54.6 Å². The first kappa shape index (κ1) is 22.6. The molecule has 34 heavy (non-hydrogen) atoms. The number of para-hydroxylation sites is 1. The predicted molar refractivity (Wildman–Crippen MR) is 126 cm³/mol. The van der Waals surface area contributed by atoms with Gasteiger partial charge < -0.3 is 15.2 Å². The number of Topliss-reactive ketones (excluding diaryl/α,β-unsaturated/α-hetero) is 1. The van der Waals surface area contributed by atoms with E-state index < -0.39 is 35.6 Å². The highest BCUT2D eigenvalue weighted by Gasteiger charge is 2.57. The Morgan fingerprint density at radius 1 is 1.00 bits per heavy atom. The number of fused-ring (bicyclic) bond motifs is 2. The fourth-order valence-electron chi connectivity index (χ4n) is 5.77. The Balaban J connectivity index is 1.46. The minimum atomic E-state index is -1.57. The van der Waals surface area contributed by atoms with Gasteiger partial charge in [0.05, 0.1) is 0 Å². The lowest BCUT2D eigenvalue weighted by Crippen LogP contribution is -2.62. The molecule has 178 valence electrons. The Labute approximate surface area is 198 Å². The van der Waals surface area contributed by atoms with Gasteiger partial charge in [-0.3, -0.25) is 14.9 Å². The fraction of sp³-hybridized carbons (Fsp3) is 0.444. The molecule has 2 aromatic carbocycles. The van der Waals surface area contributed by atoms with Crippen molar-refractivity contribution in [3.63, 3.8) is 0 Å². The minimum absolute atomic E-state index is 0.0254. The number of ketones is 1. The lowest BCUT2D eigenvalue weighted by molar-refractivity contribution is -0.158. The van der Waals surface area contributed by atoms with E-state index in [4.69, 9.17) is 4.74 Å². The fourth-order valence-corrected chi connectivity index (χ4v) is 5.77. The molecule has 7 nitrogen and oxygen atoms in total. The molecule has 2 aromatic rings. The van der Waals surface area contributed by atoms with Crippen molar-refractivity contribution in [2.24, 2.45) is 5.92 Å². The van der Waals surface area contributed by atoms with E-state index >= 15 is 0 Å². The summed E-state index contributed by atoms with van der Waals surface area (Å²) in [6.45, 7) is -0.0254. The predicted octanol–water partition coefficient (Wildman–Crippen LogP) is 3.64. The third-order valence-electron chi connectivity index (χ3n) is 7.47. The van der Waals surface area contributed by atoms with Gasteiger partial charge in [-0.25, -0.2) is 4.79 Å². The van der Waals surface area contributed by atoms with Gasteiger partial charge >= 0.3 is 11.9 Å². The average Bonchev–Trinajstić information content (AvgIpc) is 3.54. The number of rotatable bonds is 9. The van der Waals surface area contributed by atoms with Crippen LogP contribution in [0.4, 0.5) is 5.69 Å². The van der Waals surface area contributed by atoms with Gasteiger partial charge in [-0.1, -0.05) is 55.0 Å². The molecule has 3 aliphatic rings. The second-order valence-electron chi connectivity index (χ2n) is 9.77. The molecule has 0 radical (unpaired) electrons. The monoisotopic (exact) mass is 462 g/mol. The van der Waals surface area contributed by atoms with Crippen molar-refractivity contribution in [3.8, 4) is 0 Å². The summed E-state index contributed by atoms with van der Waals surface area (Å²) in [6, 6.07) is 17.1. The highest BCUT2D eigenvalue weighted by Crippen LogP contribution is 2.52. The van der Waals surface area contributed by atoms with Crippen LogP contribution in [-0.2, 0) is 25.7 Å². The number of nitrogens with one attached hydrogen (secondary N) is 2. The maximum Gasteiger partial charge on any atom is 0.375 e. The van der Waals surface area contributed by atoms with E-state index in [9.17, 15) is 19.5 Å². The molecule has 4 unspecified atom stereocenters. The molecule has 0 aromatic heterocycles. The van der Waals surface area contributed by atoms with Crippen LogP contribution < -0.4 is 10.6 Å². The smallest absolute Gasteiger partial charge is 0.375 e. The standard InChI is InChI=1S/C27H30N2O5/c30-23(25(31)34-16-17-7-2-1-3-8-17)15-27(26(32)33,29-18-13-14-18)24-19-9-4-5-11-21(19)28-22-12-6-10-20(22)24/h1-5,7-9,11,18,20,22,24,28-29H,6,10,12-16H2,(H,32,33). The number of hydrogen-bond donors (Lipinski definition) is 3. The maximum absolute atomic E-state index is 13.1. The van der Waals surface area contributed by atoms with Crippen molar-refractivity contribution in [1.82, 2.24) is 5.32 Å². The van der Waals surface area contributed by atoms with Gasteiger partial charge in [0, 0.05) is 30.1 Å². The molecule has 7 heteroatoms. The van der Waals surface area contributed by atoms with E-state index in [-0.39, 0.29) is 24.6 Å². The van der Waals surface area contributed by atoms with E-state index in [1.807, 2.05) is 42.5 Å². The molecule has 2 fully saturated rings. The Morgan fingerprint density at radius 2 is 1.74 bits per heavy atom. The van der Waals surface area contributed by atoms with Crippen molar-refractivity contribution in [3.05, 3.63) is 65.7 Å². The summed E-state index contributed by atoms with van der Waals surface area (Å²) in [7, 11) is 0. The molecule has 0 spiro atoms. The van der Waals surface area contributed by atoms with E-state index in [0.717, 1.165) is 48.9 Å². The Morgan fingerprint density at radius 3 is 2.47 bits per heavy atom. The van der Waals surface area contributed by atoms with Crippen LogP contribution in [0.25, 0.3) is 0 Å². The zero-order valence-corrected chi connectivity index (χ0v) is 19.0. The van der Waals surface area contributed by atoms with Gasteiger partial charge in [-0.15, -0.1) is 0 Å². The van der Waals surface area contributed by atoms with E-state index in [1.54, 1.807) is 12.1 Å². The molecular formula is C27H30N2O5. The number of carboxylic acid groups (broad SMARTS) is 1. The zero-order valence-electron chi connectivity index (χ0n) is 19.0. The molecule has 4 atom stereocenters. The number of hydrogen-bond acceptors (Lipinski definition) is 6. The van der Waals surface area contributed by atoms with Gasteiger partial charge in [0.2, 0.25) is 5.78 Å². The first-order valence-corrected chi connectivity index (χ1v) is 12.1. The summed E-state index contributed by atoms with van der Waals surface area (Å²) < 4.78 is 5.26. The van der Waals surface area contributed by atoms with Crippen molar-refractivity contribution < 1.29 is 24.2 Å². The number of carbonyl (C=O) groups is 3. The van der Waals surface area contributed by atoms with Gasteiger partial charge in [0.1, 0.15) is 12.1 Å². The number of ether oxygens (including phenoxy) is 1. The lowest BCUT2D eigenvalue weighted by Gasteiger charge is -2.46. The number of anilines is 1. The number of esters is 1. The van der Waals surface area contributed by atoms with Crippen LogP contribution in [0.5, 0.6) is 0 Å². The van der Waals surface area contributed by atoms with Crippen molar-refractivity contribution >= 4 is 23.4 Å². The van der Waals surface area contributed by atoms with Crippen LogP contribution in [-0.4, -0.2) is 40.5 Å². The topological polar surface area (TPSA) is 105 Å². The second-order valence-corrected chi connectivity index (χ2v) is 9.77. The molecule has 0 amide bonds. The molecule has 1 heterocycles. The van der Waals surface area contributed by atoms with Gasteiger partial charge in [-0.05, 0) is 48.8 Å². The summed E-state index contributed by atoms with van der Waals surface area (Å²) in [5.41, 5.74) is 1.00. The Kier molecular flexibility index (Phi) is 6.13. The molecule has 5 rings (SSSR count). The first-order chi connectivity index (χ1) is 16.5.